The van der Waals surface area contributed by atoms with E-state index in [0.717, 1.165) is 6.42 Å². The van der Waals surface area contributed by atoms with E-state index in [0.29, 0.717) is 11.4 Å². The van der Waals surface area contributed by atoms with E-state index in [1.54, 1.807) is 17.5 Å². The van der Waals surface area contributed by atoms with Crippen molar-refractivity contribution < 1.29 is 19.5 Å². The summed E-state index contributed by atoms with van der Waals surface area (Å²) in [6.45, 7) is 3.98. The van der Waals surface area contributed by atoms with E-state index in [2.05, 4.69) is 16.0 Å². The molecule has 7 nitrogen and oxygen atoms in total. The zero-order chi connectivity index (χ0) is 15.8. The molecular weight excluding hydrogens is 294 g/mol. The monoisotopic (exact) mass is 313 g/mol. The summed E-state index contributed by atoms with van der Waals surface area (Å²) in [5.41, 5.74) is 0. The largest absolute Gasteiger partial charge is 0.479 e. The minimum absolute atomic E-state index is 0.310. The van der Waals surface area contributed by atoms with Gasteiger partial charge in [-0.15, -0.1) is 11.3 Å². The van der Waals surface area contributed by atoms with Crippen LogP contribution in [0.3, 0.4) is 0 Å². The SMILES string of the molecule is CCCNC(=O)C(C)NC(=O)NC(C(=O)O)c1cccs1. The van der Waals surface area contributed by atoms with Crippen LogP contribution in [0, 0.1) is 0 Å². The van der Waals surface area contributed by atoms with E-state index in [9.17, 15) is 14.4 Å². The van der Waals surface area contributed by atoms with Crippen molar-refractivity contribution >= 4 is 29.2 Å². The minimum Gasteiger partial charge on any atom is -0.479 e. The van der Waals surface area contributed by atoms with Crippen LogP contribution < -0.4 is 16.0 Å². The van der Waals surface area contributed by atoms with Crippen LogP contribution >= 0.6 is 11.3 Å². The molecule has 1 aromatic rings. The van der Waals surface area contributed by atoms with Crippen molar-refractivity contribution in [3.63, 3.8) is 0 Å². The van der Waals surface area contributed by atoms with Gasteiger partial charge < -0.3 is 21.1 Å². The third-order valence-electron chi connectivity index (χ3n) is 2.64. The molecule has 0 saturated carbocycles. The molecule has 4 N–H and O–H groups in total. The van der Waals surface area contributed by atoms with Gasteiger partial charge in [-0.05, 0) is 24.8 Å². The fourth-order valence-electron chi connectivity index (χ4n) is 1.55. The summed E-state index contributed by atoms with van der Waals surface area (Å²) in [6.07, 6.45) is 0.796. The van der Waals surface area contributed by atoms with Crippen LogP contribution in [0.4, 0.5) is 4.79 Å². The zero-order valence-corrected chi connectivity index (χ0v) is 12.7. The van der Waals surface area contributed by atoms with Gasteiger partial charge in [0.05, 0.1) is 0 Å². The Kier molecular flexibility index (Phi) is 6.67. The fourth-order valence-corrected chi connectivity index (χ4v) is 2.31. The quantitative estimate of drug-likeness (QED) is 0.604. The number of carboxylic acid groups (broad SMARTS) is 1. The van der Waals surface area contributed by atoms with Gasteiger partial charge in [0.2, 0.25) is 5.91 Å². The molecule has 3 amide bonds. The number of carbonyl (C=O) groups is 3. The number of urea groups is 1. The van der Waals surface area contributed by atoms with E-state index < -0.39 is 24.1 Å². The Morgan fingerprint density at radius 1 is 1.33 bits per heavy atom. The first-order chi connectivity index (χ1) is 9.95. The van der Waals surface area contributed by atoms with E-state index in [4.69, 9.17) is 5.11 Å². The molecule has 2 unspecified atom stereocenters. The Hall–Kier alpha value is -2.09. The summed E-state index contributed by atoms with van der Waals surface area (Å²) in [5, 5.41) is 18.3. The van der Waals surface area contributed by atoms with Crippen LogP contribution in [-0.2, 0) is 9.59 Å². The molecule has 2 atom stereocenters. The molecule has 0 aliphatic heterocycles. The van der Waals surface area contributed by atoms with Crippen LogP contribution in [0.1, 0.15) is 31.2 Å². The number of rotatable bonds is 7. The predicted octanol–water partition coefficient (Wildman–Crippen LogP) is 1.09. The maximum absolute atomic E-state index is 11.8. The average molecular weight is 313 g/mol. The molecule has 0 fully saturated rings. The minimum atomic E-state index is -1.16. The third kappa shape index (κ3) is 5.42. The molecular formula is C13H19N3O4S. The lowest BCUT2D eigenvalue weighted by Gasteiger charge is -2.17. The number of nitrogens with one attached hydrogen (secondary N) is 3. The molecule has 1 aromatic heterocycles. The number of amides is 3. The first kappa shape index (κ1) is 17.0. The lowest BCUT2D eigenvalue weighted by atomic mass is 10.2. The van der Waals surface area contributed by atoms with Gasteiger partial charge >= 0.3 is 12.0 Å². The van der Waals surface area contributed by atoms with Crippen molar-refractivity contribution in [2.75, 3.05) is 6.54 Å². The van der Waals surface area contributed by atoms with Gasteiger partial charge in [0.15, 0.2) is 6.04 Å². The highest BCUT2D eigenvalue weighted by Crippen LogP contribution is 2.18. The molecule has 1 rings (SSSR count). The number of carboxylic acids is 1. The molecule has 21 heavy (non-hydrogen) atoms. The van der Waals surface area contributed by atoms with Gasteiger partial charge in [-0.3, -0.25) is 4.79 Å². The first-order valence-electron chi connectivity index (χ1n) is 6.56. The van der Waals surface area contributed by atoms with Crippen LogP contribution in [0.15, 0.2) is 17.5 Å². The van der Waals surface area contributed by atoms with Crippen molar-refractivity contribution in [1.82, 2.24) is 16.0 Å². The molecule has 0 spiro atoms. The van der Waals surface area contributed by atoms with Crippen molar-refractivity contribution in [2.24, 2.45) is 0 Å². The summed E-state index contributed by atoms with van der Waals surface area (Å²) in [4.78, 5) is 35.1. The van der Waals surface area contributed by atoms with Crippen LogP contribution in [0.25, 0.3) is 0 Å². The molecule has 0 saturated heterocycles. The summed E-state index contributed by atoms with van der Waals surface area (Å²) < 4.78 is 0. The fraction of sp³-hybridized carbons (Fsp3) is 0.462. The van der Waals surface area contributed by atoms with Crippen molar-refractivity contribution in [3.05, 3.63) is 22.4 Å². The summed E-state index contributed by atoms with van der Waals surface area (Å²) in [7, 11) is 0. The van der Waals surface area contributed by atoms with Crippen LogP contribution in [0.5, 0.6) is 0 Å². The average Bonchev–Trinajstić information content (AvgIpc) is 2.95. The Bertz CT molecular complexity index is 490. The van der Waals surface area contributed by atoms with Crippen molar-refractivity contribution in [1.29, 1.82) is 0 Å². The number of thiophene rings is 1. The predicted molar refractivity (Wildman–Crippen MR) is 79.1 cm³/mol. The Morgan fingerprint density at radius 3 is 2.57 bits per heavy atom. The molecule has 0 aliphatic carbocycles. The molecule has 0 aromatic carbocycles. The number of aliphatic carboxylic acids is 1. The zero-order valence-electron chi connectivity index (χ0n) is 11.9. The Labute approximate surface area is 126 Å². The number of carbonyl (C=O) groups excluding carboxylic acids is 2. The van der Waals surface area contributed by atoms with Crippen molar-refractivity contribution in [2.45, 2.75) is 32.4 Å². The molecule has 8 heteroatoms. The highest BCUT2D eigenvalue weighted by molar-refractivity contribution is 7.10. The maximum Gasteiger partial charge on any atom is 0.331 e. The van der Waals surface area contributed by atoms with E-state index in [1.165, 1.54) is 18.3 Å². The second-order valence-corrected chi connectivity index (χ2v) is 5.40. The third-order valence-corrected chi connectivity index (χ3v) is 3.58. The van der Waals surface area contributed by atoms with E-state index in [1.807, 2.05) is 6.92 Å². The van der Waals surface area contributed by atoms with Gasteiger partial charge in [0.1, 0.15) is 6.04 Å². The lowest BCUT2D eigenvalue weighted by molar-refractivity contribution is -0.139. The summed E-state index contributed by atoms with van der Waals surface area (Å²) >= 11 is 1.24. The van der Waals surface area contributed by atoms with Gasteiger partial charge in [-0.1, -0.05) is 13.0 Å². The lowest BCUT2D eigenvalue weighted by Crippen LogP contribution is -2.50. The topological polar surface area (TPSA) is 108 Å². The number of hydrogen-bond acceptors (Lipinski definition) is 4. The van der Waals surface area contributed by atoms with E-state index in [-0.39, 0.29) is 5.91 Å². The molecule has 1 heterocycles. The van der Waals surface area contributed by atoms with E-state index >= 15 is 0 Å². The van der Waals surface area contributed by atoms with Crippen molar-refractivity contribution in [3.8, 4) is 0 Å². The molecule has 116 valence electrons. The second kappa shape index (κ2) is 8.25. The van der Waals surface area contributed by atoms with Crippen LogP contribution in [-0.4, -0.2) is 35.6 Å². The van der Waals surface area contributed by atoms with Gasteiger partial charge in [0, 0.05) is 11.4 Å². The van der Waals surface area contributed by atoms with Gasteiger partial charge in [-0.2, -0.15) is 0 Å². The Balaban J connectivity index is 2.55. The summed E-state index contributed by atoms with van der Waals surface area (Å²) in [5.74, 6) is -1.47. The first-order valence-corrected chi connectivity index (χ1v) is 7.44. The molecule has 0 aliphatic rings. The highest BCUT2D eigenvalue weighted by Gasteiger charge is 2.24. The normalized spacial score (nSPS) is 13.0. The summed E-state index contributed by atoms with van der Waals surface area (Å²) in [6, 6.07) is 0.762. The molecule has 0 bridgehead atoms. The van der Waals surface area contributed by atoms with Gasteiger partial charge in [-0.25, -0.2) is 9.59 Å². The second-order valence-electron chi connectivity index (χ2n) is 4.42. The maximum atomic E-state index is 11.8. The Morgan fingerprint density at radius 2 is 2.05 bits per heavy atom. The number of hydrogen-bond donors (Lipinski definition) is 4. The standard InChI is InChI=1S/C13H19N3O4S/c1-3-6-14-11(17)8(2)15-13(20)16-10(12(18)19)9-5-4-7-21-9/h4-5,7-8,10H,3,6H2,1-2H3,(H,14,17)(H,18,19)(H2,15,16,20). The van der Waals surface area contributed by atoms with Crippen LogP contribution in [0.2, 0.25) is 0 Å². The highest BCUT2D eigenvalue weighted by atomic mass is 32.1. The smallest absolute Gasteiger partial charge is 0.331 e. The van der Waals surface area contributed by atoms with Gasteiger partial charge in [0.25, 0.3) is 0 Å². The molecule has 0 radical (unpaired) electrons.